The first kappa shape index (κ1) is 13.8. The molecule has 1 N–H and O–H groups in total. The molecule has 0 radical (unpaired) electrons. The van der Waals surface area contributed by atoms with Crippen LogP contribution in [-0.4, -0.2) is 25.8 Å². The SMILES string of the molecule is CCc1nc(NC(C)CC)c2c(n1)c(C)nn2CC. The first-order chi connectivity index (χ1) is 9.10. The van der Waals surface area contributed by atoms with E-state index in [-0.39, 0.29) is 0 Å². The average Bonchev–Trinajstić information content (AvgIpc) is 2.75. The van der Waals surface area contributed by atoms with Crippen molar-refractivity contribution in [3.63, 3.8) is 0 Å². The molecule has 5 heteroatoms. The van der Waals surface area contributed by atoms with E-state index < -0.39 is 0 Å². The van der Waals surface area contributed by atoms with Gasteiger partial charge in [0.1, 0.15) is 16.9 Å². The molecule has 0 bridgehead atoms. The van der Waals surface area contributed by atoms with Crippen LogP contribution in [0.3, 0.4) is 0 Å². The van der Waals surface area contributed by atoms with Crippen molar-refractivity contribution in [3.8, 4) is 0 Å². The van der Waals surface area contributed by atoms with E-state index >= 15 is 0 Å². The van der Waals surface area contributed by atoms with Crippen LogP contribution in [0.15, 0.2) is 0 Å². The van der Waals surface area contributed by atoms with E-state index in [9.17, 15) is 0 Å². The Morgan fingerprint density at radius 2 is 1.95 bits per heavy atom. The van der Waals surface area contributed by atoms with Crippen molar-refractivity contribution in [1.29, 1.82) is 0 Å². The van der Waals surface area contributed by atoms with Gasteiger partial charge in [0.25, 0.3) is 0 Å². The number of rotatable bonds is 5. The predicted molar refractivity (Wildman–Crippen MR) is 78.5 cm³/mol. The van der Waals surface area contributed by atoms with Gasteiger partial charge in [-0.1, -0.05) is 13.8 Å². The number of anilines is 1. The summed E-state index contributed by atoms with van der Waals surface area (Å²) in [5, 5.41) is 8.04. The lowest BCUT2D eigenvalue weighted by molar-refractivity contribution is 0.673. The maximum absolute atomic E-state index is 4.65. The zero-order valence-electron chi connectivity index (χ0n) is 12.5. The van der Waals surface area contributed by atoms with Gasteiger partial charge in [0, 0.05) is 19.0 Å². The van der Waals surface area contributed by atoms with E-state index in [1.807, 2.05) is 11.6 Å². The fraction of sp³-hybridized carbons (Fsp3) is 0.643. The summed E-state index contributed by atoms with van der Waals surface area (Å²) in [7, 11) is 0. The van der Waals surface area contributed by atoms with Gasteiger partial charge < -0.3 is 5.32 Å². The molecule has 1 atom stereocenters. The third-order valence-corrected chi connectivity index (χ3v) is 3.41. The number of nitrogens with zero attached hydrogens (tertiary/aromatic N) is 4. The third-order valence-electron chi connectivity index (χ3n) is 3.41. The van der Waals surface area contributed by atoms with Gasteiger partial charge in [0.15, 0.2) is 5.82 Å². The Balaban J connectivity index is 2.63. The molecule has 2 aromatic rings. The minimum Gasteiger partial charge on any atom is -0.366 e. The van der Waals surface area contributed by atoms with Gasteiger partial charge in [-0.2, -0.15) is 5.10 Å². The van der Waals surface area contributed by atoms with Crippen molar-refractivity contribution in [3.05, 3.63) is 11.5 Å². The molecule has 0 aliphatic carbocycles. The lowest BCUT2D eigenvalue weighted by Gasteiger charge is -2.14. The van der Waals surface area contributed by atoms with Crippen molar-refractivity contribution < 1.29 is 0 Å². The maximum Gasteiger partial charge on any atom is 0.156 e. The largest absolute Gasteiger partial charge is 0.366 e. The molecule has 0 saturated heterocycles. The third kappa shape index (κ3) is 2.55. The van der Waals surface area contributed by atoms with Gasteiger partial charge in [-0.15, -0.1) is 0 Å². The lowest BCUT2D eigenvalue weighted by atomic mass is 10.2. The topological polar surface area (TPSA) is 55.6 Å². The molecule has 1 unspecified atom stereocenters. The highest BCUT2D eigenvalue weighted by atomic mass is 15.3. The van der Waals surface area contributed by atoms with E-state index in [1.165, 1.54) is 0 Å². The Morgan fingerprint density at radius 1 is 1.21 bits per heavy atom. The minimum absolute atomic E-state index is 0.392. The fourth-order valence-corrected chi connectivity index (χ4v) is 2.10. The molecule has 5 nitrogen and oxygen atoms in total. The van der Waals surface area contributed by atoms with Gasteiger partial charge in [-0.3, -0.25) is 4.68 Å². The van der Waals surface area contributed by atoms with Crippen LogP contribution >= 0.6 is 0 Å². The average molecular weight is 261 g/mol. The number of aryl methyl sites for hydroxylation is 3. The van der Waals surface area contributed by atoms with Gasteiger partial charge in [-0.05, 0) is 27.2 Å². The van der Waals surface area contributed by atoms with Crippen LogP contribution in [0.25, 0.3) is 11.0 Å². The monoisotopic (exact) mass is 261 g/mol. The molecule has 2 aromatic heterocycles. The van der Waals surface area contributed by atoms with E-state index in [2.05, 4.69) is 48.1 Å². The smallest absolute Gasteiger partial charge is 0.156 e. The predicted octanol–water partition coefficient (Wildman–Crippen LogP) is 2.93. The molecule has 0 aromatic carbocycles. The first-order valence-electron chi connectivity index (χ1n) is 7.11. The normalized spacial score (nSPS) is 12.9. The van der Waals surface area contributed by atoms with Gasteiger partial charge in [0.05, 0.1) is 5.69 Å². The highest BCUT2D eigenvalue weighted by Crippen LogP contribution is 2.24. The zero-order chi connectivity index (χ0) is 14.0. The quantitative estimate of drug-likeness (QED) is 0.899. The Kier molecular flexibility index (Phi) is 4.02. The zero-order valence-corrected chi connectivity index (χ0v) is 12.5. The van der Waals surface area contributed by atoms with Crippen LogP contribution in [0.5, 0.6) is 0 Å². The van der Waals surface area contributed by atoms with E-state index in [1.54, 1.807) is 0 Å². The van der Waals surface area contributed by atoms with E-state index in [4.69, 9.17) is 0 Å². The van der Waals surface area contributed by atoms with Crippen molar-refractivity contribution in [2.75, 3.05) is 5.32 Å². The van der Waals surface area contributed by atoms with Gasteiger partial charge in [-0.25, -0.2) is 9.97 Å². The van der Waals surface area contributed by atoms with Crippen LogP contribution < -0.4 is 5.32 Å². The summed E-state index contributed by atoms with van der Waals surface area (Å²) in [6.45, 7) is 11.3. The lowest BCUT2D eigenvalue weighted by Crippen LogP contribution is -2.16. The highest BCUT2D eigenvalue weighted by molar-refractivity contribution is 5.87. The van der Waals surface area contributed by atoms with Crippen molar-refractivity contribution in [2.45, 2.75) is 60.0 Å². The number of nitrogens with one attached hydrogen (secondary N) is 1. The molecule has 0 fully saturated rings. The summed E-state index contributed by atoms with van der Waals surface area (Å²) in [5.41, 5.74) is 2.97. The molecular formula is C14H23N5. The summed E-state index contributed by atoms with van der Waals surface area (Å²) in [6, 6.07) is 0.392. The molecule has 2 rings (SSSR count). The van der Waals surface area contributed by atoms with Gasteiger partial charge >= 0.3 is 0 Å². The molecule has 0 amide bonds. The fourth-order valence-electron chi connectivity index (χ4n) is 2.10. The number of hydrogen-bond acceptors (Lipinski definition) is 4. The van der Waals surface area contributed by atoms with Crippen LogP contribution in [0.1, 0.15) is 45.6 Å². The molecular weight excluding hydrogens is 238 g/mol. The Bertz CT molecular complexity index is 573. The summed E-state index contributed by atoms with van der Waals surface area (Å²) < 4.78 is 1.98. The van der Waals surface area contributed by atoms with Crippen LogP contribution in [0.4, 0.5) is 5.82 Å². The standard InChI is InChI=1S/C14H23N5/c1-6-9(4)15-14-13-12(16-11(7-2)17-14)10(5)18-19(13)8-3/h9H,6-8H2,1-5H3,(H,15,16,17). The minimum atomic E-state index is 0.392. The van der Waals surface area contributed by atoms with Gasteiger partial charge in [0.2, 0.25) is 0 Å². The van der Waals surface area contributed by atoms with Crippen molar-refractivity contribution in [1.82, 2.24) is 19.7 Å². The number of hydrogen-bond donors (Lipinski definition) is 1. The Hall–Kier alpha value is -1.65. The second-order valence-corrected chi connectivity index (χ2v) is 4.89. The molecule has 19 heavy (non-hydrogen) atoms. The summed E-state index contributed by atoms with van der Waals surface area (Å²) in [5.74, 6) is 1.79. The van der Waals surface area contributed by atoms with E-state index in [0.29, 0.717) is 6.04 Å². The second-order valence-electron chi connectivity index (χ2n) is 4.89. The summed E-state index contributed by atoms with van der Waals surface area (Å²) >= 11 is 0. The number of aromatic nitrogens is 4. The number of fused-ring (bicyclic) bond motifs is 1. The molecule has 2 heterocycles. The summed E-state index contributed by atoms with van der Waals surface area (Å²) in [6.07, 6.45) is 1.90. The van der Waals surface area contributed by atoms with Crippen LogP contribution in [-0.2, 0) is 13.0 Å². The molecule has 0 aliphatic rings. The Labute approximate surface area is 114 Å². The molecule has 0 spiro atoms. The highest BCUT2D eigenvalue weighted by Gasteiger charge is 2.16. The maximum atomic E-state index is 4.65. The molecule has 0 aliphatic heterocycles. The Morgan fingerprint density at radius 3 is 2.53 bits per heavy atom. The van der Waals surface area contributed by atoms with E-state index in [0.717, 1.165) is 47.8 Å². The molecule has 104 valence electrons. The van der Waals surface area contributed by atoms with Crippen molar-refractivity contribution >= 4 is 16.9 Å². The first-order valence-corrected chi connectivity index (χ1v) is 7.11. The second kappa shape index (κ2) is 5.55. The van der Waals surface area contributed by atoms with Crippen molar-refractivity contribution in [2.24, 2.45) is 0 Å². The summed E-state index contributed by atoms with van der Waals surface area (Å²) in [4.78, 5) is 9.27. The van der Waals surface area contributed by atoms with Crippen LogP contribution in [0, 0.1) is 6.92 Å². The molecule has 0 saturated carbocycles. The van der Waals surface area contributed by atoms with Crippen LogP contribution in [0.2, 0.25) is 0 Å².